The van der Waals surface area contributed by atoms with Gasteiger partial charge in [0.25, 0.3) is 0 Å². The smallest absolute Gasteiger partial charge is 0.352 e. The first-order valence-corrected chi connectivity index (χ1v) is 5.55. The van der Waals surface area contributed by atoms with E-state index in [2.05, 4.69) is 10.1 Å². The SMILES string of the molecule is O=C(O)c1cc2ccc(Cn3cccn3)cc2[nH]1. The third-order valence-electron chi connectivity index (χ3n) is 2.82. The van der Waals surface area contributed by atoms with Crippen molar-refractivity contribution < 1.29 is 9.90 Å². The van der Waals surface area contributed by atoms with E-state index in [0.717, 1.165) is 16.5 Å². The molecule has 2 aromatic heterocycles. The number of fused-ring (bicyclic) bond motifs is 1. The van der Waals surface area contributed by atoms with E-state index in [1.54, 1.807) is 12.3 Å². The predicted octanol–water partition coefficient (Wildman–Crippen LogP) is 2.11. The Hall–Kier alpha value is -2.56. The summed E-state index contributed by atoms with van der Waals surface area (Å²) in [6, 6.07) is 9.34. The number of aromatic carboxylic acids is 1. The lowest BCUT2D eigenvalue weighted by atomic mass is 10.1. The molecule has 0 fully saturated rings. The van der Waals surface area contributed by atoms with E-state index in [-0.39, 0.29) is 5.69 Å². The van der Waals surface area contributed by atoms with Gasteiger partial charge in [-0.25, -0.2) is 4.79 Å². The molecule has 1 aromatic carbocycles. The normalized spacial score (nSPS) is 10.9. The summed E-state index contributed by atoms with van der Waals surface area (Å²) in [6.45, 7) is 0.671. The second kappa shape index (κ2) is 4.03. The third kappa shape index (κ3) is 1.86. The molecule has 0 atom stereocenters. The number of hydrogen-bond donors (Lipinski definition) is 2. The maximum atomic E-state index is 10.9. The van der Waals surface area contributed by atoms with Gasteiger partial charge in [-0.3, -0.25) is 4.68 Å². The Morgan fingerprint density at radius 1 is 1.39 bits per heavy atom. The highest BCUT2D eigenvalue weighted by molar-refractivity contribution is 5.93. The molecule has 0 radical (unpaired) electrons. The molecule has 0 aliphatic heterocycles. The molecule has 90 valence electrons. The zero-order valence-corrected chi connectivity index (χ0v) is 9.50. The first kappa shape index (κ1) is 10.6. The number of aromatic nitrogens is 3. The number of hydrogen-bond acceptors (Lipinski definition) is 2. The van der Waals surface area contributed by atoms with Gasteiger partial charge in [0.05, 0.1) is 6.54 Å². The fraction of sp³-hybridized carbons (Fsp3) is 0.0769. The van der Waals surface area contributed by atoms with Crippen molar-refractivity contribution in [2.24, 2.45) is 0 Å². The second-order valence-electron chi connectivity index (χ2n) is 4.11. The number of H-pyrrole nitrogens is 1. The molecule has 0 amide bonds. The zero-order chi connectivity index (χ0) is 12.5. The number of carboxylic acid groups (broad SMARTS) is 1. The molecule has 0 spiro atoms. The summed E-state index contributed by atoms with van der Waals surface area (Å²) in [5.41, 5.74) is 2.11. The number of nitrogens with zero attached hydrogens (tertiary/aromatic N) is 2. The van der Waals surface area contributed by atoms with Crippen LogP contribution in [0, 0.1) is 0 Å². The van der Waals surface area contributed by atoms with E-state index in [4.69, 9.17) is 5.11 Å². The highest BCUT2D eigenvalue weighted by atomic mass is 16.4. The van der Waals surface area contributed by atoms with Gasteiger partial charge in [0, 0.05) is 23.3 Å². The van der Waals surface area contributed by atoms with Gasteiger partial charge >= 0.3 is 5.97 Å². The average Bonchev–Trinajstić information content (AvgIpc) is 2.96. The summed E-state index contributed by atoms with van der Waals surface area (Å²) in [5.74, 6) is -0.945. The van der Waals surface area contributed by atoms with Crippen molar-refractivity contribution in [3.05, 3.63) is 54.0 Å². The summed E-state index contributed by atoms with van der Waals surface area (Å²) in [6.07, 6.45) is 3.62. The van der Waals surface area contributed by atoms with E-state index in [0.29, 0.717) is 6.54 Å². The van der Waals surface area contributed by atoms with Crippen LogP contribution in [0.3, 0.4) is 0 Å². The summed E-state index contributed by atoms with van der Waals surface area (Å²) in [7, 11) is 0. The Kier molecular flexibility index (Phi) is 2.37. The van der Waals surface area contributed by atoms with Crippen LogP contribution in [-0.4, -0.2) is 25.8 Å². The van der Waals surface area contributed by atoms with E-state index in [1.165, 1.54) is 0 Å². The quantitative estimate of drug-likeness (QED) is 0.737. The standard InChI is InChI=1S/C13H11N3O2/c17-13(18)12-7-10-3-2-9(6-11(10)15-12)8-16-5-1-4-14-16/h1-7,15H,8H2,(H,17,18). The molecule has 0 aliphatic rings. The maximum absolute atomic E-state index is 10.9. The van der Waals surface area contributed by atoms with Gasteiger partial charge in [-0.05, 0) is 23.8 Å². The van der Waals surface area contributed by atoms with Gasteiger partial charge in [-0.1, -0.05) is 12.1 Å². The van der Waals surface area contributed by atoms with Crippen molar-refractivity contribution in [3.8, 4) is 0 Å². The van der Waals surface area contributed by atoms with Crippen LogP contribution >= 0.6 is 0 Å². The highest BCUT2D eigenvalue weighted by Gasteiger charge is 2.07. The maximum Gasteiger partial charge on any atom is 0.352 e. The zero-order valence-electron chi connectivity index (χ0n) is 9.50. The van der Waals surface area contributed by atoms with E-state index >= 15 is 0 Å². The van der Waals surface area contributed by atoms with E-state index in [1.807, 2.05) is 35.1 Å². The van der Waals surface area contributed by atoms with Crippen molar-refractivity contribution in [2.45, 2.75) is 6.54 Å². The fourth-order valence-electron chi connectivity index (χ4n) is 1.97. The molecular formula is C13H11N3O2. The average molecular weight is 241 g/mol. The minimum absolute atomic E-state index is 0.209. The van der Waals surface area contributed by atoms with Crippen molar-refractivity contribution in [1.29, 1.82) is 0 Å². The molecule has 3 aromatic rings. The van der Waals surface area contributed by atoms with Gasteiger partial charge < -0.3 is 10.1 Å². The topological polar surface area (TPSA) is 70.9 Å². The Balaban J connectivity index is 1.97. The number of carbonyl (C=O) groups is 1. The molecule has 0 bridgehead atoms. The monoisotopic (exact) mass is 241 g/mol. The molecule has 18 heavy (non-hydrogen) atoms. The first-order chi connectivity index (χ1) is 8.72. The number of nitrogens with one attached hydrogen (secondary N) is 1. The molecule has 0 aliphatic carbocycles. The van der Waals surface area contributed by atoms with Crippen LogP contribution < -0.4 is 0 Å². The minimum Gasteiger partial charge on any atom is -0.477 e. The van der Waals surface area contributed by atoms with Gasteiger partial charge in [0.2, 0.25) is 0 Å². The lowest BCUT2D eigenvalue weighted by molar-refractivity contribution is 0.0691. The van der Waals surface area contributed by atoms with Gasteiger partial charge in [-0.2, -0.15) is 5.10 Å². The van der Waals surface area contributed by atoms with E-state index in [9.17, 15) is 4.79 Å². The van der Waals surface area contributed by atoms with E-state index < -0.39 is 5.97 Å². The largest absolute Gasteiger partial charge is 0.477 e. The van der Waals surface area contributed by atoms with Crippen LogP contribution in [0.4, 0.5) is 0 Å². The number of rotatable bonds is 3. The van der Waals surface area contributed by atoms with Crippen molar-refractivity contribution in [1.82, 2.24) is 14.8 Å². The van der Waals surface area contributed by atoms with Gasteiger partial charge in [-0.15, -0.1) is 0 Å². The lowest BCUT2D eigenvalue weighted by Gasteiger charge is -2.01. The third-order valence-corrected chi connectivity index (χ3v) is 2.82. The Morgan fingerprint density at radius 3 is 3.00 bits per heavy atom. The van der Waals surface area contributed by atoms with Crippen LogP contribution in [0.5, 0.6) is 0 Å². The molecule has 0 saturated carbocycles. The minimum atomic E-state index is -0.945. The molecule has 2 heterocycles. The Morgan fingerprint density at radius 2 is 2.28 bits per heavy atom. The van der Waals surface area contributed by atoms with Crippen LogP contribution in [0.25, 0.3) is 10.9 Å². The Bertz CT molecular complexity index is 698. The molecular weight excluding hydrogens is 230 g/mol. The van der Waals surface area contributed by atoms with Crippen molar-refractivity contribution in [2.75, 3.05) is 0 Å². The van der Waals surface area contributed by atoms with Gasteiger partial charge in [0.1, 0.15) is 5.69 Å². The molecule has 0 saturated heterocycles. The summed E-state index contributed by atoms with van der Waals surface area (Å²) in [4.78, 5) is 13.8. The number of carboxylic acids is 1. The van der Waals surface area contributed by atoms with Crippen LogP contribution in [0.1, 0.15) is 16.1 Å². The number of aromatic amines is 1. The molecule has 5 heteroatoms. The summed E-state index contributed by atoms with van der Waals surface area (Å²) >= 11 is 0. The van der Waals surface area contributed by atoms with Crippen molar-refractivity contribution in [3.63, 3.8) is 0 Å². The first-order valence-electron chi connectivity index (χ1n) is 5.55. The van der Waals surface area contributed by atoms with Gasteiger partial charge in [0.15, 0.2) is 0 Å². The fourth-order valence-corrected chi connectivity index (χ4v) is 1.97. The summed E-state index contributed by atoms with van der Waals surface area (Å²) in [5, 5.41) is 14.0. The summed E-state index contributed by atoms with van der Waals surface area (Å²) < 4.78 is 1.82. The highest BCUT2D eigenvalue weighted by Crippen LogP contribution is 2.17. The molecule has 3 rings (SSSR count). The lowest BCUT2D eigenvalue weighted by Crippen LogP contribution is -1.99. The molecule has 5 nitrogen and oxygen atoms in total. The van der Waals surface area contributed by atoms with Crippen LogP contribution in [0.15, 0.2) is 42.7 Å². The molecule has 0 unspecified atom stereocenters. The van der Waals surface area contributed by atoms with Crippen molar-refractivity contribution >= 4 is 16.9 Å². The number of benzene rings is 1. The predicted molar refractivity (Wildman–Crippen MR) is 66.6 cm³/mol. The molecule has 2 N–H and O–H groups in total. The van der Waals surface area contributed by atoms with Crippen LogP contribution in [-0.2, 0) is 6.54 Å². The Labute approximate surface area is 103 Å². The van der Waals surface area contributed by atoms with Crippen LogP contribution in [0.2, 0.25) is 0 Å². The second-order valence-corrected chi connectivity index (χ2v) is 4.11.